The monoisotopic (exact) mass is 386 g/mol. The molecule has 0 aromatic heterocycles. The van der Waals surface area contributed by atoms with Gasteiger partial charge in [-0.3, -0.25) is 0 Å². The molecule has 0 aromatic carbocycles. The van der Waals surface area contributed by atoms with Crippen molar-refractivity contribution in [2.24, 2.45) is 0 Å². The summed E-state index contributed by atoms with van der Waals surface area (Å²) in [4.78, 5) is 0. The first-order valence-electron chi connectivity index (χ1n) is 11.3. The van der Waals surface area contributed by atoms with Crippen LogP contribution < -0.4 is 0 Å². The molecule has 0 amide bonds. The number of ether oxygens (including phenoxy) is 4. The van der Waals surface area contributed by atoms with Gasteiger partial charge in [-0.2, -0.15) is 0 Å². The largest absolute Gasteiger partial charge is 0.476 e. The van der Waals surface area contributed by atoms with Gasteiger partial charge in [0.05, 0.1) is 6.26 Å². The number of rotatable bonds is 22. The molecule has 0 unspecified atom stereocenters. The van der Waals surface area contributed by atoms with Crippen LogP contribution in [0.5, 0.6) is 0 Å². The van der Waals surface area contributed by atoms with Crippen LogP contribution in [0.2, 0.25) is 0 Å². The minimum Gasteiger partial charge on any atom is -0.476 e. The van der Waals surface area contributed by atoms with E-state index in [-0.39, 0.29) is 6.29 Å². The van der Waals surface area contributed by atoms with Crippen LogP contribution in [-0.2, 0) is 18.9 Å². The number of hydrogen-bond acceptors (Lipinski definition) is 4. The fraction of sp³-hybridized carbons (Fsp3) is 0.913. The van der Waals surface area contributed by atoms with E-state index in [4.69, 9.17) is 18.9 Å². The van der Waals surface area contributed by atoms with Gasteiger partial charge in [0.1, 0.15) is 0 Å². The molecular weight excluding hydrogens is 340 g/mol. The van der Waals surface area contributed by atoms with Crippen molar-refractivity contribution in [2.45, 2.75) is 110 Å². The first kappa shape index (κ1) is 26.4. The van der Waals surface area contributed by atoms with Crippen LogP contribution in [0.1, 0.15) is 104 Å². The Morgan fingerprint density at radius 2 is 1.22 bits per heavy atom. The average molecular weight is 387 g/mol. The number of methoxy groups -OCH3 is 1. The SMILES string of the molecule is CCCOC(CCCCCCCCCCCCC=COCOC)OCCC. The Morgan fingerprint density at radius 1 is 0.704 bits per heavy atom. The molecule has 0 atom stereocenters. The Balaban J connectivity index is 3.30. The van der Waals surface area contributed by atoms with Gasteiger partial charge in [-0.1, -0.05) is 65.2 Å². The predicted octanol–water partition coefficient (Wildman–Crippen LogP) is 6.98. The van der Waals surface area contributed by atoms with Gasteiger partial charge in [-0.05, 0) is 44.6 Å². The Labute approximate surface area is 169 Å². The predicted molar refractivity (Wildman–Crippen MR) is 114 cm³/mol. The number of unbranched alkanes of at least 4 members (excludes halogenated alkanes) is 10. The summed E-state index contributed by atoms with van der Waals surface area (Å²) in [6.45, 7) is 6.26. The van der Waals surface area contributed by atoms with Crippen molar-refractivity contribution in [1.29, 1.82) is 0 Å². The number of hydrogen-bond donors (Lipinski definition) is 0. The molecule has 4 heteroatoms. The lowest BCUT2D eigenvalue weighted by atomic mass is 10.1. The minimum absolute atomic E-state index is 0.0197. The second-order valence-electron chi connectivity index (χ2n) is 7.23. The Bertz CT molecular complexity index is 286. The second-order valence-corrected chi connectivity index (χ2v) is 7.23. The van der Waals surface area contributed by atoms with E-state index in [1.165, 1.54) is 64.2 Å². The highest BCUT2D eigenvalue weighted by Crippen LogP contribution is 2.14. The summed E-state index contributed by atoms with van der Waals surface area (Å²) in [6.07, 6.45) is 21.5. The summed E-state index contributed by atoms with van der Waals surface area (Å²) in [7, 11) is 1.64. The van der Waals surface area contributed by atoms with Gasteiger partial charge in [0.15, 0.2) is 13.1 Å². The van der Waals surface area contributed by atoms with E-state index < -0.39 is 0 Å². The quantitative estimate of drug-likeness (QED) is 0.114. The first-order chi connectivity index (χ1) is 13.3. The maximum atomic E-state index is 5.78. The van der Waals surface area contributed by atoms with Gasteiger partial charge >= 0.3 is 0 Å². The van der Waals surface area contributed by atoms with E-state index in [9.17, 15) is 0 Å². The highest BCUT2D eigenvalue weighted by atomic mass is 16.7. The summed E-state index contributed by atoms with van der Waals surface area (Å²) in [6, 6.07) is 0. The zero-order chi connectivity index (χ0) is 19.8. The van der Waals surface area contributed by atoms with E-state index in [2.05, 4.69) is 19.9 Å². The molecule has 0 saturated heterocycles. The van der Waals surface area contributed by atoms with Crippen LogP contribution in [-0.4, -0.2) is 33.4 Å². The van der Waals surface area contributed by atoms with E-state index in [1.807, 2.05) is 0 Å². The fourth-order valence-corrected chi connectivity index (χ4v) is 2.94. The molecule has 0 aliphatic heterocycles. The van der Waals surface area contributed by atoms with E-state index in [0.717, 1.165) is 38.9 Å². The molecular formula is C23H46O4. The molecule has 0 radical (unpaired) electrons. The minimum atomic E-state index is 0.0197. The maximum absolute atomic E-state index is 5.78. The fourth-order valence-electron chi connectivity index (χ4n) is 2.94. The average Bonchev–Trinajstić information content (AvgIpc) is 2.69. The van der Waals surface area contributed by atoms with Crippen molar-refractivity contribution in [3.8, 4) is 0 Å². The van der Waals surface area contributed by atoms with Crippen LogP contribution >= 0.6 is 0 Å². The lowest BCUT2D eigenvalue weighted by molar-refractivity contribution is -0.146. The molecule has 0 aliphatic carbocycles. The van der Waals surface area contributed by atoms with Gasteiger partial charge in [0.25, 0.3) is 0 Å². The lowest BCUT2D eigenvalue weighted by Crippen LogP contribution is -2.18. The van der Waals surface area contributed by atoms with Gasteiger partial charge in [0.2, 0.25) is 0 Å². The van der Waals surface area contributed by atoms with Crippen molar-refractivity contribution in [3.05, 3.63) is 12.3 Å². The summed E-state index contributed by atoms with van der Waals surface area (Å²) >= 11 is 0. The Kier molecular flexibility index (Phi) is 23.0. The molecule has 0 saturated carbocycles. The van der Waals surface area contributed by atoms with E-state index >= 15 is 0 Å². The first-order valence-corrected chi connectivity index (χ1v) is 11.3. The molecule has 4 nitrogen and oxygen atoms in total. The smallest absolute Gasteiger partial charge is 0.187 e. The third-order valence-corrected chi connectivity index (χ3v) is 4.45. The van der Waals surface area contributed by atoms with Crippen LogP contribution in [0.15, 0.2) is 12.3 Å². The number of allylic oxidation sites excluding steroid dienone is 1. The van der Waals surface area contributed by atoms with Gasteiger partial charge in [-0.25, -0.2) is 0 Å². The van der Waals surface area contributed by atoms with Crippen molar-refractivity contribution in [3.63, 3.8) is 0 Å². The highest BCUT2D eigenvalue weighted by molar-refractivity contribution is 4.72. The molecule has 0 heterocycles. The summed E-state index contributed by atoms with van der Waals surface area (Å²) in [5, 5.41) is 0. The zero-order valence-electron chi connectivity index (χ0n) is 18.4. The molecule has 0 N–H and O–H groups in total. The van der Waals surface area contributed by atoms with Crippen molar-refractivity contribution < 1.29 is 18.9 Å². The van der Waals surface area contributed by atoms with Gasteiger partial charge < -0.3 is 18.9 Å². The molecule has 162 valence electrons. The van der Waals surface area contributed by atoms with Crippen LogP contribution in [0.25, 0.3) is 0 Å². The van der Waals surface area contributed by atoms with Crippen molar-refractivity contribution >= 4 is 0 Å². The molecule has 0 bridgehead atoms. The summed E-state index contributed by atoms with van der Waals surface area (Å²) in [5.41, 5.74) is 0. The lowest BCUT2D eigenvalue weighted by Gasteiger charge is -2.18. The molecule has 0 spiro atoms. The van der Waals surface area contributed by atoms with E-state index in [1.54, 1.807) is 13.4 Å². The molecule has 0 fully saturated rings. The third-order valence-electron chi connectivity index (χ3n) is 4.45. The summed E-state index contributed by atoms with van der Waals surface area (Å²) in [5.74, 6) is 0. The molecule has 27 heavy (non-hydrogen) atoms. The topological polar surface area (TPSA) is 36.9 Å². The van der Waals surface area contributed by atoms with Gasteiger partial charge in [0, 0.05) is 20.3 Å². The molecule has 0 aromatic rings. The van der Waals surface area contributed by atoms with Crippen LogP contribution in [0.4, 0.5) is 0 Å². The van der Waals surface area contributed by atoms with Crippen LogP contribution in [0.3, 0.4) is 0 Å². The Morgan fingerprint density at radius 3 is 1.74 bits per heavy atom. The normalized spacial score (nSPS) is 11.7. The maximum Gasteiger partial charge on any atom is 0.187 e. The van der Waals surface area contributed by atoms with Crippen molar-refractivity contribution in [1.82, 2.24) is 0 Å². The van der Waals surface area contributed by atoms with Gasteiger partial charge in [-0.15, -0.1) is 0 Å². The molecule has 0 rings (SSSR count). The summed E-state index contributed by atoms with van der Waals surface area (Å²) < 4.78 is 21.5. The molecule has 0 aliphatic rings. The van der Waals surface area contributed by atoms with Crippen molar-refractivity contribution in [2.75, 3.05) is 27.1 Å². The van der Waals surface area contributed by atoms with Crippen LogP contribution in [0, 0.1) is 0 Å². The third kappa shape index (κ3) is 21.6. The highest BCUT2D eigenvalue weighted by Gasteiger charge is 2.08. The second kappa shape index (κ2) is 23.5. The standard InChI is InChI=1S/C23H46O4/c1-4-19-26-23(27-20-5-2)18-16-14-12-10-8-6-7-9-11-13-15-17-21-25-22-24-3/h17,21,23H,4-16,18-20,22H2,1-3H3. The Hall–Kier alpha value is -0.580. The van der Waals surface area contributed by atoms with E-state index in [0.29, 0.717) is 6.79 Å². The zero-order valence-corrected chi connectivity index (χ0v) is 18.4.